The fraction of sp³-hybridized carbons (Fsp3) is 0.391. The van der Waals surface area contributed by atoms with Gasteiger partial charge < -0.3 is 10.1 Å². The van der Waals surface area contributed by atoms with E-state index in [2.05, 4.69) is 10.3 Å². The Morgan fingerprint density at radius 3 is 2.42 bits per heavy atom. The third-order valence-corrected chi connectivity index (χ3v) is 7.69. The van der Waals surface area contributed by atoms with Gasteiger partial charge >= 0.3 is 6.09 Å². The molecule has 2 aromatic carbocycles. The van der Waals surface area contributed by atoms with Gasteiger partial charge in [-0.3, -0.25) is 0 Å². The van der Waals surface area contributed by atoms with Crippen LogP contribution in [0.1, 0.15) is 38.8 Å². The molecule has 10 heteroatoms. The lowest BCUT2D eigenvalue weighted by Gasteiger charge is -2.46. The first kappa shape index (κ1) is 24.6. The van der Waals surface area contributed by atoms with Gasteiger partial charge in [0.1, 0.15) is 22.5 Å². The predicted molar refractivity (Wildman–Crippen MR) is 121 cm³/mol. The summed E-state index contributed by atoms with van der Waals surface area (Å²) in [5.74, 6) is -1.87. The van der Waals surface area contributed by atoms with Crippen molar-refractivity contribution in [2.75, 3.05) is 7.05 Å². The molecule has 0 bridgehead atoms. The van der Waals surface area contributed by atoms with E-state index in [9.17, 15) is 22.0 Å². The molecule has 2 aromatic rings. The van der Waals surface area contributed by atoms with Crippen LogP contribution in [0, 0.1) is 11.6 Å². The molecular weight excluding hydrogens is 452 g/mol. The summed E-state index contributed by atoms with van der Waals surface area (Å²) in [7, 11) is -2.94. The number of guanidine groups is 1. The van der Waals surface area contributed by atoms with E-state index >= 15 is 0 Å². The minimum Gasteiger partial charge on any atom is -0.442 e. The van der Waals surface area contributed by atoms with Crippen molar-refractivity contribution in [1.29, 1.82) is 0 Å². The van der Waals surface area contributed by atoms with E-state index in [-0.39, 0.29) is 17.9 Å². The number of aliphatic imine (C=N–C) groups is 1. The molecule has 0 radical (unpaired) electrons. The Labute approximate surface area is 192 Å². The second kappa shape index (κ2) is 8.74. The number of carbonyl (C=O) groups is 1. The van der Waals surface area contributed by atoms with Gasteiger partial charge in [-0.2, -0.15) is 0 Å². The van der Waals surface area contributed by atoms with Gasteiger partial charge in [0, 0.05) is 12.6 Å². The lowest BCUT2D eigenvalue weighted by atomic mass is 9.84. The fourth-order valence-electron chi connectivity index (χ4n) is 3.74. The van der Waals surface area contributed by atoms with Gasteiger partial charge in [-0.05, 0) is 57.9 Å². The van der Waals surface area contributed by atoms with Crippen molar-refractivity contribution in [3.8, 4) is 0 Å². The summed E-state index contributed by atoms with van der Waals surface area (Å²) < 4.78 is 62.3. The van der Waals surface area contributed by atoms with Gasteiger partial charge in [-0.1, -0.05) is 30.3 Å². The minimum absolute atomic E-state index is 0.00663. The molecule has 0 spiro atoms. The molecule has 1 amide bonds. The maximum absolute atomic E-state index is 14.9. The molecule has 3 rings (SSSR count). The van der Waals surface area contributed by atoms with Crippen LogP contribution < -0.4 is 5.32 Å². The maximum atomic E-state index is 14.9. The summed E-state index contributed by atoms with van der Waals surface area (Å²) in [4.78, 5) is 16.1. The number of carbonyl (C=O) groups excluding carboxylic acids is 1. The molecule has 0 saturated carbocycles. The van der Waals surface area contributed by atoms with E-state index < -0.39 is 44.1 Å². The highest BCUT2D eigenvalue weighted by atomic mass is 32.2. The molecule has 178 valence electrons. The van der Waals surface area contributed by atoms with Crippen molar-refractivity contribution in [3.05, 3.63) is 71.3 Å². The van der Waals surface area contributed by atoms with Crippen LogP contribution in [0.15, 0.2) is 53.5 Å². The normalized spacial score (nSPS) is 23.8. The number of hydrogen-bond donors (Lipinski definition) is 1. The topological polar surface area (TPSA) is 88.1 Å². The maximum Gasteiger partial charge on any atom is 0.437 e. The van der Waals surface area contributed by atoms with E-state index in [1.54, 1.807) is 51.1 Å². The largest absolute Gasteiger partial charge is 0.442 e. The summed E-state index contributed by atoms with van der Waals surface area (Å²) in [6.45, 7) is 6.37. The Kier molecular flexibility index (Phi) is 6.52. The highest BCUT2D eigenvalue weighted by Crippen LogP contribution is 2.38. The average molecular weight is 480 g/mol. The predicted octanol–water partition coefficient (Wildman–Crippen LogP) is 3.95. The Bertz CT molecular complexity index is 1180. The minimum atomic E-state index is -4.18. The fourth-order valence-corrected chi connectivity index (χ4v) is 5.64. The number of amides is 1. The summed E-state index contributed by atoms with van der Waals surface area (Å²) in [6, 6.07) is 11.7. The van der Waals surface area contributed by atoms with E-state index in [0.717, 1.165) is 22.5 Å². The molecule has 0 aromatic heterocycles. The zero-order chi connectivity index (χ0) is 24.6. The summed E-state index contributed by atoms with van der Waals surface area (Å²) in [5.41, 5.74) is -2.02. The van der Waals surface area contributed by atoms with Crippen LogP contribution in [0.5, 0.6) is 0 Å². The number of nitrogens with zero attached hydrogens (tertiary/aromatic N) is 2. The smallest absolute Gasteiger partial charge is 0.437 e. The van der Waals surface area contributed by atoms with E-state index in [4.69, 9.17) is 4.74 Å². The average Bonchev–Trinajstić information content (AvgIpc) is 2.71. The lowest BCUT2D eigenvalue weighted by molar-refractivity contribution is 0.0601. The van der Waals surface area contributed by atoms with E-state index in [0.29, 0.717) is 5.56 Å². The van der Waals surface area contributed by atoms with Crippen molar-refractivity contribution in [2.45, 2.75) is 50.5 Å². The van der Waals surface area contributed by atoms with Crippen LogP contribution in [0.4, 0.5) is 13.6 Å². The van der Waals surface area contributed by atoms with Crippen LogP contribution in [-0.2, 0) is 26.7 Å². The summed E-state index contributed by atoms with van der Waals surface area (Å²) in [6.07, 6.45) is -1.01. The van der Waals surface area contributed by atoms with Crippen molar-refractivity contribution >= 4 is 22.1 Å². The number of halogens is 2. The molecular formula is C23H27F2N3O4S. The second-order valence-corrected chi connectivity index (χ2v) is 11.2. The monoisotopic (exact) mass is 479 g/mol. The highest BCUT2D eigenvalue weighted by molar-refractivity contribution is 7.90. The zero-order valence-corrected chi connectivity index (χ0v) is 19.9. The lowest BCUT2D eigenvalue weighted by Crippen LogP contribution is -2.67. The van der Waals surface area contributed by atoms with Crippen molar-refractivity contribution < 1.29 is 26.7 Å². The first-order valence-corrected chi connectivity index (χ1v) is 11.8. The molecule has 33 heavy (non-hydrogen) atoms. The third-order valence-electron chi connectivity index (χ3n) is 5.40. The Morgan fingerprint density at radius 2 is 1.82 bits per heavy atom. The van der Waals surface area contributed by atoms with E-state index in [1.807, 2.05) is 0 Å². The highest BCUT2D eigenvalue weighted by Gasteiger charge is 2.53. The van der Waals surface area contributed by atoms with Gasteiger partial charge in [0.2, 0.25) is 16.0 Å². The molecule has 7 nitrogen and oxygen atoms in total. The quantitative estimate of drug-likeness (QED) is 0.720. The van der Waals surface area contributed by atoms with Gasteiger partial charge in [0.25, 0.3) is 0 Å². The van der Waals surface area contributed by atoms with Crippen LogP contribution >= 0.6 is 0 Å². The second-order valence-electron chi connectivity index (χ2n) is 9.06. The Morgan fingerprint density at radius 1 is 1.18 bits per heavy atom. The first-order chi connectivity index (χ1) is 15.2. The molecule has 1 aliphatic rings. The van der Waals surface area contributed by atoms with Gasteiger partial charge in [-0.15, -0.1) is 4.99 Å². The molecule has 1 aliphatic heterocycles. The molecule has 0 unspecified atom stereocenters. The van der Waals surface area contributed by atoms with Gasteiger partial charge in [-0.25, -0.2) is 26.3 Å². The summed E-state index contributed by atoms with van der Waals surface area (Å²) >= 11 is 0. The summed E-state index contributed by atoms with van der Waals surface area (Å²) in [5, 5.41) is 1.65. The molecule has 0 aliphatic carbocycles. The van der Waals surface area contributed by atoms with Gasteiger partial charge in [0.05, 0.1) is 5.54 Å². The standard InChI is InChI=1S/C23H27F2N3O4S/c1-22(2,3)32-21(29)26-20-27-23(4,17-14-16(24)11-12-18(17)25)19(33(30,31)28(20)5)13-15-9-7-6-8-10-15/h6-12,14,19H,13H2,1-5H3,(H,26,27,29)/t19-,23-/m1/s1. The third kappa shape index (κ3) is 5.16. The first-order valence-electron chi connectivity index (χ1n) is 10.3. The number of rotatable bonds is 3. The van der Waals surface area contributed by atoms with E-state index in [1.165, 1.54) is 14.0 Å². The molecule has 1 heterocycles. The van der Waals surface area contributed by atoms with Gasteiger partial charge in [0.15, 0.2) is 0 Å². The Balaban J connectivity index is 2.17. The SMILES string of the molecule is CN1/C(=N/C(=O)OC(C)(C)C)N[C@](C)(c2cc(F)ccc2F)[C@@H](Cc2ccccc2)S1(=O)=O. The number of nitrogens with one attached hydrogen (secondary N) is 1. The van der Waals surface area contributed by atoms with Crippen molar-refractivity contribution in [1.82, 2.24) is 9.62 Å². The van der Waals surface area contributed by atoms with Crippen LogP contribution in [0.25, 0.3) is 0 Å². The molecule has 1 saturated heterocycles. The molecule has 2 atom stereocenters. The van der Waals surface area contributed by atoms with Crippen molar-refractivity contribution in [3.63, 3.8) is 0 Å². The molecule has 1 fully saturated rings. The van der Waals surface area contributed by atoms with Crippen LogP contribution in [0.2, 0.25) is 0 Å². The van der Waals surface area contributed by atoms with Crippen molar-refractivity contribution in [2.24, 2.45) is 4.99 Å². The zero-order valence-electron chi connectivity index (χ0n) is 19.1. The molecule has 1 N–H and O–H groups in total. The number of ether oxygens (including phenoxy) is 1. The van der Waals surface area contributed by atoms with Crippen LogP contribution in [-0.4, -0.2) is 42.7 Å². The number of benzene rings is 2. The number of hydrogen-bond acceptors (Lipinski definition) is 4. The Hall–Kier alpha value is -3.01. The number of sulfonamides is 1. The van der Waals surface area contributed by atoms with Crippen LogP contribution in [0.3, 0.4) is 0 Å².